The van der Waals surface area contributed by atoms with Crippen molar-refractivity contribution in [2.45, 2.75) is 26.9 Å². The van der Waals surface area contributed by atoms with E-state index in [0.717, 1.165) is 11.1 Å². The molecule has 0 aliphatic rings. The number of carbonyl (C=O) groups is 1. The van der Waals surface area contributed by atoms with Crippen molar-refractivity contribution in [3.05, 3.63) is 69.8 Å². The topological polar surface area (TPSA) is 108 Å². The van der Waals surface area contributed by atoms with Gasteiger partial charge in [0.1, 0.15) is 6.20 Å². The van der Waals surface area contributed by atoms with Gasteiger partial charge in [-0.2, -0.15) is 10.2 Å². The molecule has 2 aromatic heterocycles. The second-order valence-corrected chi connectivity index (χ2v) is 5.78. The minimum atomic E-state index is -0.639. The first-order valence-corrected chi connectivity index (χ1v) is 8.08. The Morgan fingerprint density at radius 3 is 2.73 bits per heavy atom. The molecule has 0 spiro atoms. The van der Waals surface area contributed by atoms with E-state index in [1.165, 1.54) is 17.1 Å². The summed E-state index contributed by atoms with van der Waals surface area (Å²) in [7, 11) is 0. The van der Waals surface area contributed by atoms with E-state index in [9.17, 15) is 14.9 Å². The standard InChI is InChI=1S/C17H18N6O3/c1-3-21-11-15(23(25)26)16(20-21)17(24)19-14-8-18-22(10-14)9-13-7-5-4-6-12(13)2/h4-8,10-11H,3,9H2,1-2H3,(H,19,24). The SMILES string of the molecule is CCn1cc([N+](=O)[O-])c(C(=O)Nc2cnn(Cc3ccccc3C)c2)n1. The van der Waals surface area contributed by atoms with E-state index in [0.29, 0.717) is 18.8 Å². The van der Waals surface area contributed by atoms with Gasteiger partial charge in [-0.1, -0.05) is 24.3 Å². The molecule has 2 heterocycles. The van der Waals surface area contributed by atoms with Gasteiger partial charge in [-0.3, -0.25) is 24.3 Å². The molecule has 9 nitrogen and oxygen atoms in total. The predicted molar refractivity (Wildman–Crippen MR) is 95.0 cm³/mol. The van der Waals surface area contributed by atoms with Crippen LogP contribution < -0.4 is 5.32 Å². The van der Waals surface area contributed by atoms with Gasteiger partial charge in [0.25, 0.3) is 5.91 Å². The lowest BCUT2D eigenvalue weighted by molar-refractivity contribution is -0.385. The van der Waals surface area contributed by atoms with Crippen LogP contribution >= 0.6 is 0 Å². The van der Waals surface area contributed by atoms with Gasteiger partial charge in [-0.05, 0) is 25.0 Å². The molecule has 134 valence electrons. The number of amides is 1. The predicted octanol–water partition coefficient (Wildman–Crippen LogP) is 2.62. The van der Waals surface area contributed by atoms with Crippen LogP contribution in [0, 0.1) is 17.0 Å². The average Bonchev–Trinajstić information content (AvgIpc) is 3.23. The number of nitrogens with zero attached hydrogens (tertiary/aromatic N) is 5. The van der Waals surface area contributed by atoms with Gasteiger partial charge >= 0.3 is 5.69 Å². The third-order valence-electron chi connectivity index (χ3n) is 3.96. The largest absolute Gasteiger partial charge is 0.320 e. The summed E-state index contributed by atoms with van der Waals surface area (Å²) in [4.78, 5) is 22.8. The average molecular weight is 354 g/mol. The van der Waals surface area contributed by atoms with E-state index in [2.05, 4.69) is 15.5 Å². The molecule has 26 heavy (non-hydrogen) atoms. The van der Waals surface area contributed by atoms with Crippen LogP contribution in [0.1, 0.15) is 28.5 Å². The zero-order valence-corrected chi connectivity index (χ0v) is 14.4. The fraction of sp³-hybridized carbons (Fsp3) is 0.235. The number of nitro groups is 1. The summed E-state index contributed by atoms with van der Waals surface area (Å²) in [6, 6.07) is 7.95. The van der Waals surface area contributed by atoms with E-state index in [1.807, 2.05) is 31.2 Å². The summed E-state index contributed by atoms with van der Waals surface area (Å²) in [6.45, 7) is 4.80. The molecule has 0 atom stereocenters. The van der Waals surface area contributed by atoms with Gasteiger partial charge in [0.05, 0.1) is 23.4 Å². The Morgan fingerprint density at radius 1 is 1.27 bits per heavy atom. The van der Waals surface area contributed by atoms with Gasteiger partial charge in [0.15, 0.2) is 0 Å². The van der Waals surface area contributed by atoms with Gasteiger partial charge in [0, 0.05) is 12.7 Å². The molecule has 0 bridgehead atoms. The van der Waals surface area contributed by atoms with E-state index in [4.69, 9.17) is 0 Å². The van der Waals surface area contributed by atoms with Crippen LogP contribution in [0.5, 0.6) is 0 Å². The zero-order chi connectivity index (χ0) is 18.7. The smallest absolute Gasteiger partial charge is 0.318 e. The second-order valence-electron chi connectivity index (χ2n) is 5.78. The number of rotatable bonds is 6. The first-order valence-electron chi connectivity index (χ1n) is 8.08. The van der Waals surface area contributed by atoms with Crippen LogP contribution in [0.3, 0.4) is 0 Å². The van der Waals surface area contributed by atoms with Crippen LogP contribution in [-0.4, -0.2) is 30.4 Å². The highest BCUT2D eigenvalue weighted by Gasteiger charge is 2.25. The first kappa shape index (κ1) is 17.3. The van der Waals surface area contributed by atoms with Gasteiger partial charge in [0.2, 0.25) is 5.69 Å². The molecule has 0 aliphatic carbocycles. The summed E-state index contributed by atoms with van der Waals surface area (Å²) >= 11 is 0. The minimum Gasteiger partial charge on any atom is -0.318 e. The number of carbonyl (C=O) groups excluding carboxylic acids is 1. The maximum absolute atomic E-state index is 12.4. The van der Waals surface area contributed by atoms with Crippen molar-refractivity contribution in [1.82, 2.24) is 19.6 Å². The third kappa shape index (κ3) is 3.61. The molecular formula is C17H18N6O3. The highest BCUT2D eigenvalue weighted by atomic mass is 16.6. The van der Waals surface area contributed by atoms with Gasteiger partial charge in [-0.15, -0.1) is 0 Å². The molecule has 0 unspecified atom stereocenters. The van der Waals surface area contributed by atoms with Gasteiger partial charge < -0.3 is 5.32 Å². The van der Waals surface area contributed by atoms with Crippen molar-refractivity contribution in [2.75, 3.05) is 5.32 Å². The van der Waals surface area contributed by atoms with Crippen molar-refractivity contribution >= 4 is 17.3 Å². The van der Waals surface area contributed by atoms with E-state index in [-0.39, 0.29) is 11.4 Å². The number of hydrogen-bond acceptors (Lipinski definition) is 5. The van der Waals surface area contributed by atoms with E-state index < -0.39 is 10.8 Å². The summed E-state index contributed by atoms with van der Waals surface area (Å²) in [5.41, 5.74) is 2.17. The summed E-state index contributed by atoms with van der Waals surface area (Å²) in [5, 5.41) is 21.9. The summed E-state index contributed by atoms with van der Waals surface area (Å²) < 4.78 is 3.05. The van der Waals surface area contributed by atoms with Crippen LogP contribution in [0.4, 0.5) is 11.4 Å². The Labute approximate surface area is 149 Å². The lowest BCUT2D eigenvalue weighted by Crippen LogP contribution is -2.14. The first-order chi connectivity index (χ1) is 12.5. The van der Waals surface area contributed by atoms with Crippen molar-refractivity contribution in [3.8, 4) is 0 Å². The maximum atomic E-state index is 12.4. The zero-order valence-electron chi connectivity index (χ0n) is 14.4. The maximum Gasteiger partial charge on any atom is 0.320 e. The number of aryl methyl sites for hydroxylation is 2. The molecular weight excluding hydrogens is 336 g/mol. The fourth-order valence-electron chi connectivity index (χ4n) is 2.54. The van der Waals surface area contributed by atoms with Crippen molar-refractivity contribution < 1.29 is 9.72 Å². The Morgan fingerprint density at radius 2 is 2.04 bits per heavy atom. The Kier molecular flexibility index (Phi) is 4.78. The van der Waals surface area contributed by atoms with Crippen molar-refractivity contribution in [3.63, 3.8) is 0 Å². The Balaban J connectivity index is 1.75. The molecule has 0 saturated carbocycles. The molecule has 9 heteroatoms. The number of nitrogens with one attached hydrogen (secondary N) is 1. The number of benzene rings is 1. The fourth-order valence-corrected chi connectivity index (χ4v) is 2.54. The molecule has 0 radical (unpaired) electrons. The molecule has 0 saturated heterocycles. The van der Waals surface area contributed by atoms with Crippen molar-refractivity contribution in [2.24, 2.45) is 0 Å². The molecule has 0 aliphatic heterocycles. The molecule has 3 rings (SSSR count). The second kappa shape index (κ2) is 7.18. The summed E-state index contributed by atoms with van der Waals surface area (Å²) in [6.07, 6.45) is 4.42. The van der Waals surface area contributed by atoms with Crippen LogP contribution in [0.25, 0.3) is 0 Å². The number of hydrogen-bond donors (Lipinski definition) is 1. The monoisotopic (exact) mass is 354 g/mol. The van der Waals surface area contributed by atoms with Crippen LogP contribution in [0.15, 0.2) is 42.9 Å². The van der Waals surface area contributed by atoms with Crippen LogP contribution in [0.2, 0.25) is 0 Å². The van der Waals surface area contributed by atoms with E-state index in [1.54, 1.807) is 17.8 Å². The molecule has 1 aromatic carbocycles. The number of anilines is 1. The summed E-state index contributed by atoms with van der Waals surface area (Å²) in [5.74, 6) is -0.639. The third-order valence-corrected chi connectivity index (χ3v) is 3.96. The molecule has 1 amide bonds. The quantitative estimate of drug-likeness (QED) is 0.541. The molecule has 0 fully saturated rings. The Hall–Kier alpha value is -3.49. The lowest BCUT2D eigenvalue weighted by atomic mass is 10.1. The van der Waals surface area contributed by atoms with Crippen LogP contribution in [-0.2, 0) is 13.1 Å². The number of aromatic nitrogens is 4. The normalized spacial score (nSPS) is 10.7. The minimum absolute atomic E-state index is 0.219. The van der Waals surface area contributed by atoms with E-state index >= 15 is 0 Å². The molecule has 3 aromatic rings. The highest BCUT2D eigenvalue weighted by molar-refractivity contribution is 6.05. The highest BCUT2D eigenvalue weighted by Crippen LogP contribution is 2.19. The lowest BCUT2D eigenvalue weighted by Gasteiger charge is -2.05. The van der Waals surface area contributed by atoms with Gasteiger partial charge in [-0.25, -0.2) is 0 Å². The Bertz CT molecular complexity index is 959. The van der Waals surface area contributed by atoms with Crippen molar-refractivity contribution in [1.29, 1.82) is 0 Å². The molecule has 1 N–H and O–H groups in total.